The molecule has 6 heteroatoms. The number of amides is 1. The first kappa shape index (κ1) is 19.7. The number of H-pyrrole nitrogens is 1. The second-order valence-electron chi connectivity index (χ2n) is 6.67. The quantitative estimate of drug-likeness (QED) is 0.247. The average Bonchev–Trinajstić information content (AvgIpc) is 3.17. The fourth-order valence-electron chi connectivity index (χ4n) is 2.97. The minimum Gasteiger partial charge on any atom is -0.333 e. The minimum atomic E-state index is -0.126. The summed E-state index contributed by atoms with van der Waals surface area (Å²) in [6.07, 6.45) is 1.84. The van der Waals surface area contributed by atoms with E-state index in [4.69, 9.17) is 0 Å². The highest BCUT2D eigenvalue weighted by molar-refractivity contribution is 8.04. The Hall–Kier alpha value is -3.64. The number of nitrogens with one attached hydrogen (secondary N) is 2. The van der Waals surface area contributed by atoms with Crippen molar-refractivity contribution in [3.8, 4) is 0 Å². The number of aromatic amines is 1. The van der Waals surface area contributed by atoms with Crippen molar-refractivity contribution in [3.63, 3.8) is 0 Å². The van der Waals surface area contributed by atoms with E-state index in [2.05, 4.69) is 15.3 Å². The number of hydrogen-bond donors (Lipinski definition) is 2. The number of benzene rings is 3. The molecule has 0 bridgehead atoms. The summed E-state index contributed by atoms with van der Waals surface area (Å²) in [5.74, 6) is -0.203. The van der Waals surface area contributed by atoms with Crippen LogP contribution in [0.25, 0.3) is 17.1 Å². The normalized spacial score (nSPS) is 11.4. The monoisotopic (exact) mass is 413 g/mol. The molecule has 1 aromatic heterocycles. The van der Waals surface area contributed by atoms with E-state index in [-0.39, 0.29) is 11.7 Å². The van der Waals surface area contributed by atoms with Crippen LogP contribution in [-0.2, 0) is 4.79 Å². The number of anilines is 1. The van der Waals surface area contributed by atoms with Crippen LogP contribution in [0.1, 0.15) is 22.8 Å². The Morgan fingerprint density at radius 1 is 0.933 bits per heavy atom. The van der Waals surface area contributed by atoms with Crippen LogP contribution in [0.4, 0.5) is 5.69 Å². The number of Topliss-reactive ketones (excluding diaryl/α,β-unsaturated/α-hetero) is 1. The molecule has 4 rings (SSSR count). The molecule has 148 valence electrons. The van der Waals surface area contributed by atoms with Crippen LogP contribution >= 0.6 is 11.8 Å². The lowest BCUT2D eigenvalue weighted by Crippen LogP contribution is -2.05. The lowest BCUT2D eigenvalue weighted by molar-refractivity contribution is -0.114. The Bertz CT molecular complexity index is 1200. The highest BCUT2D eigenvalue weighted by Crippen LogP contribution is 2.31. The molecule has 0 aliphatic heterocycles. The van der Waals surface area contributed by atoms with Gasteiger partial charge in [0, 0.05) is 18.2 Å². The summed E-state index contributed by atoms with van der Waals surface area (Å²) in [7, 11) is 0. The van der Waals surface area contributed by atoms with Crippen molar-refractivity contribution in [3.05, 3.63) is 94.9 Å². The van der Waals surface area contributed by atoms with Crippen LogP contribution in [0.5, 0.6) is 0 Å². The summed E-state index contributed by atoms with van der Waals surface area (Å²) in [4.78, 5) is 32.8. The fourth-order valence-corrected chi connectivity index (χ4v) is 3.89. The first-order chi connectivity index (χ1) is 14.6. The van der Waals surface area contributed by atoms with Crippen LogP contribution in [0.15, 0.2) is 88.9 Å². The van der Waals surface area contributed by atoms with Gasteiger partial charge in [0.15, 0.2) is 10.9 Å². The van der Waals surface area contributed by atoms with E-state index in [0.29, 0.717) is 21.3 Å². The van der Waals surface area contributed by atoms with E-state index < -0.39 is 0 Å². The molecule has 30 heavy (non-hydrogen) atoms. The molecule has 0 aliphatic carbocycles. The van der Waals surface area contributed by atoms with Crippen LogP contribution in [0.3, 0.4) is 0 Å². The third-order valence-electron chi connectivity index (χ3n) is 4.36. The third kappa shape index (κ3) is 4.67. The molecule has 2 N–H and O–H groups in total. The smallest absolute Gasteiger partial charge is 0.221 e. The van der Waals surface area contributed by atoms with E-state index in [0.717, 1.165) is 16.6 Å². The molecule has 4 aromatic rings. The van der Waals surface area contributed by atoms with Crippen molar-refractivity contribution >= 4 is 46.2 Å². The largest absolute Gasteiger partial charge is 0.333 e. The second-order valence-corrected chi connectivity index (χ2v) is 7.70. The molecule has 0 radical (unpaired) electrons. The number of thioether (sulfide) groups is 1. The predicted octanol–water partition coefficient (Wildman–Crippen LogP) is 5.54. The van der Waals surface area contributed by atoms with Gasteiger partial charge in [0.25, 0.3) is 0 Å². The summed E-state index contributed by atoms with van der Waals surface area (Å²) in [6, 6.07) is 24.3. The van der Waals surface area contributed by atoms with Crippen molar-refractivity contribution in [2.75, 3.05) is 5.32 Å². The maximum absolute atomic E-state index is 13.2. The number of imidazole rings is 1. The van der Waals surface area contributed by atoms with Crippen molar-refractivity contribution < 1.29 is 9.59 Å². The van der Waals surface area contributed by atoms with Gasteiger partial charge in [0.05, 0.1) is 15.9 Å². The Morgan fingerprint density at radius 2 is 1.63 bits per heavy atom. The molecule has 0 fully saturated rings. The number of carbonyl (C=O) groups excluding carboxylic acids is 2. The molecule has 1 heterocycles. The van der Waals surface area contributed by atoms with E-state index >= 15 is 0 Å². The Labute approximate surface area is 178 Å². The Balaban J connectivity index is 1.68. The van der Waals surface area contributed by atoms with E-state index in [9.17, 15) is 9.59 Å². The highest BCUT2D eigenvalue weighted by atomic mass is 32.2. The second kappa shape index (κ2) is 8.80. The maximum atomic E-state index is 13.2. The number of hydrogen-bond acceptors (Lipinski definition) is 4. The van der Waals surface area contributed by atoms with Gasteiger partial charge in [-0.1, -0.05) is 54.6 Å². The minimum absolute atomic E-state index is 0.0769. The molecule has 0 saturated heterocycles. The van der Waals surface area contributed by atoms with Crippen LogP contribution < -0.4 is 5.32 Å². The Kier molecular flexibility index (Phi) is 5.77. The van der Waals surface area contributed by atoms with Crippen molar-refractivity contribution in [1.29, 1.82) is 0 Å². The van der Waals surface area contributed by atoms with Crippen LogP contribution in [0, 0.1) is 0 Å². The van der Waals surface area contributed by atoms with Crippen molar-refractivity contribution in [2.24, 2.45) is 0 Å². The molecule has 0 unspecified atom stereocenters. The first-order valence-corrected chi connectivity index (χ1v) is 10.2. The topological polar surface area (TPSA) is 74.8 Å². The maximum Gasteiger partial charge on any atom is 0.221 e. The van der Waals surface area contributed by atoms with Crippen molar-refractivity contribution in [1.82, 2.24) is 9.97 Å². The number of para-hydroxylation sites is 2. The molecule has 0 saturated carbocycles. The number of aromatic nitrogens is 2. The summed E-state index contributed by atoms with van der Waals surface area (Å²) in [5.41, 5.74) is 3.95. The molecule has 0 atom stereocenters. The number of allylic oxidation sites excluding steroid dienone is 1. The number of rotatable bonds is 6. The van der Waals surface area contributed by atoms with Gasteiger partial charge in [-0.2, -0.15) is 0 Å². The predicted molar refractivity (Wildman–Crippen MR) is 121 cm³/mol. The van der Waals surface area contributed by atoms with E-state index in [1.54, 1.807) is 12.1 Å². The molecule has 0 aliphatic rings. The van der Waals surface area contributed by atoms with Gasteiger partial charge in [-0.05, 0) is 47.7 Å². The summed E-state index contributed by atoms with van der Waals surface area (Å²) < 4.78 is 0. The lowest BCUT2D eigenvalue weighted by atomic mass is 10.1. The van der Waals surface area contributed by atoms with Gasteiger partial charge in [0.1, 0.15) is 0 Å². The molecule has 5 nitrogen and oxygen atoms in total. The molecular weight excluding hydrogens is 394 g/mol. The number of fused-ring (bicyclic) bond motifs is 1. The van der Waals surface area contributed by atoms with E-state index in [1.165, 1.54) is 18.7 Å². The van der Waals surface area contributed by atoms with Gasteiger partial charge < -0.3 is 10.3 Å². The average molecular weight is 414 g/mol. The van der Waals surface area contributed by atoms with Crippen LogP contribution in [0.2, 0.25) is 0 Å². The molecular formula is C24H19N3O2S. The fraction of sp³-hybridized carbons (Fsp3) is 0.0417. The van der Waals surface area contributed by atoms with Gasteiger partial charge >= 0.3 is 0 Å². The Morgan fingerprint density at radius 3 is 2.33 bits per heavy atom. The van der Waals surface area contributed by atoms with Gasteiger partial charge in [-0.25, -0.2) is 4.98 Å². The van der Waals surface area contributed by atoms with Gasteiger partial charge in [0.2, 0.25) is 5.91 Å². The molecule has 0 spiro atoms. The zero-order chi connectivity index (χ0) is 20.9. The van der Waals surface area contributed by atoms with Crippen molar-refractivity contribution in [2.45, 2.75) is 12.1 Å². The lowest BCUT2D eigenvalue weighted by Gasteiger charge is -2.06. The zero-order valence-electron chi connectivity index (χ0n) is 16.3. The molecule has 3 aromatic carbocycles. The number of ketones is 1. The third-order valence-corrected chi connectivity index (χ3v) is 5.27. The molecule has 1 amide bonds. The van der Waals surface area contributed by atoms with Crippen LogP contribution in [-0.4, -0.2) is 21.7 Å². The van der Waals surface area contributed by atoms with E-state index in [1.807, 2.05) is 72.8 Å². The first-order valence-electron chi connectivity index (χ1n) is 9.40. The zero-order valence-corrected chi connectivity index (χ0v) is 17.1. The summed E-state index contributed by atoms with van der Waals surface area (Å²) >= 11 is 1.30. The number of nitrogens with zero attached hydrogens (tertiary/aromatic N) is 1. The summed E-state index contributed by atoms with van der Waals surface area (Å²) in [6.45, 7) is 1.47. The summed E-state index contributed by atoms with van der Waals surface area (Å²) in [5, 5.41) is 3.40. The van der Waals surface area contributed by atoms with Gasteiger partial charge in [-0.15, -0.1) is 0 Å². The highest BCUT2D eigenvalue weighted by Gasteiger charge is 2.16. The van der Waals surface area contributed by atoms with Gasteiger partial charge in [-0.3, -0.25) is 9.59 Å². The SMILES string of the molecule is CC(=O)Nc1ccc(/C=C(\Sc2nc3ccccc3[nH]2)C(=O)c2ccccc2)cc1. The standard InChI is InChI=1S/C24H19N3O2S/c1-16(28)25-19-13-11-17(12-14-19)15-22(23(29)18-7-3-2-4-8-18)30-24-26-20-9-5-6-10-21(20)27-24/h2-15H,1H3,(H,25,28)(H,26,27)/b22-15-. The number of carbonyl (C=O) groups is 2.